The second-order valence-electron chi connectivity index (χ2n) is 5.51. The van der Waals surface area contributed by atoms with Crippen molar-refractivity contribution in [2.24, 2.45) is 0 Å². The summed E-state index contributed by atoms with van der Waals surface area (Å²) >= 11 is 0. The van der Waals surface area contributed by atoms with Gasteiger partial charge in [-0.3, -0.25) is 9.36 Å². The number of ether oxygens (including phenoxy) is 1. The van der Waals surface area contributed by atoms with E-state index < -0.39 is 16.9 Å². The number of methoxy groups -OCH3 is 1. The first-order chi connectivity index (χ1) is 12.1. The van der Waals surface area contributed by atoms with Gasteiger partial charge in [0.1, 0.15) is 16.9 Å². The summed E-state index contributed by atoms with van der Waals surface area (Å²) in [6, 6.07) is 15.0. The van der Waals surface area contributed by atoms with E-state index in [-0.39, 0.29) is 11.0 Å². The molecule has 0 saturated heterocycles. The highest BCUT2D eigenvalue weighted by molar-refractivity contribution is 6.04. The van der Waals surface area contributed by atoms with Crippen LogP contribution in [-0.2, 0) is 0 Å². The molecule has 4 aromatic rings. The molecule has 0 unspecified atom stereocenters. The van der Waals surface area contributed by atoms with Crippen molar-refractivity contribution in [1.82, 2.24) is 4.57 Å². The number of fused-ring (bicyclic) bond motifs is 3. The van der Waals surface area contributed by atoms with Gasteiger partial charge >= 0.3 is 5.63 Å². The lowest BCUT2D eigenvalue weighted by Crippen LogP contribution is -2.20. The monoisotopic (exact) mass is 335 g/mol. The van der Waals surface area contributed by atoms with E-state index in [1.54, 1.807) is 30.3 Å². The summed E-state index contributed by atoms with van der Waals surface area (Å²) in [4.78, 5) is 24.8. The number of aromatic hydroxyl groups is 1. The van der Waals surface area contributed by atoms with Crippen LogP contribution in [0.2, 0.25) is 0 Å². The van der Waals surface area contributed by atoms with Gasteiger partial charge in [-0.2, -0.15) is 0 Å². The molecule has 0 amide bonds. The smallest absolute Gasteiger partial charge is 0.339 e. The molecule has 25 heavy (non-hydrogen) atoms. The summed E-state index contributed by atoms with van der Waals surface area (Å²) in [5.74, 6) is 0.150. The van der Waals surface area contributed by atoms with Gasteiger partial charge in [0.15, 0.2) is 5.58 Å². The number of benzene rings is 2. The van der Waals surface area contributed by atoms with Crippen LogP contribution in [0.5, 0.6) is 11.5 Å². The molecule has 2 heterocycles. The first-order valence-corrected chi connectivity index (χ1v) is 7.55. The molecule has 0 aliphatic rings. The number of rotatable bonds is 2. The average molecular weight is 335 g/mol. The zero-order valence-corrected chi connectivity index (χ0v) is 13.2. The van der Waals surface area contributed by atoms with Gasteiger partial charge in [-0.25, -0.2) is 4.79 Å². The molecule has 0 saturated carbocycles. The Bertz CT molecular complexity index is 1220. The molecule has 6 nitrogen and oxygen atoms in total. The Morgan fingerprint density at radius 3 is 2.52 bits per heavy atom. The second kappa shape index (κ2) is 5.52. The predicted molar refractivity (Wildman–Crippen MR) is 93.8 cm³/mol. The summed E-state index contributed by atoms with van der Waals surface area (Å²) in [7, 11) is 1.53. The minimum atomic E-state index is -0.723. The van der Waals surface area contributed by atoms with Crippen LogP contribution in [0.3, 0.4) is 0 Å². The summed E-state index contributed by atoms with van der Waals surface area (Å²) < 4.78 is 11.9. The Labute approximate surface area is 141 Å². The van der Waals surface area contributed by atoms with Gasteiger partial charge in [0.25, 0.3) is 5.56 Å². The van der Waals surface area contributed by atoms with Crippen molar-refractivity contribution in [3.63, 3.8) is 0 Å². The first-order valence-electron chi connectivity index (χ1n) is 7.55. The van der Waals surface area contributed by atoms with E-state index in [2.05, 4.69) is 0 Å². The van der Waals surface area contributed by atoms with Gasteiger partial charge in [0, 0.05) is 17.1 Å². The fraction of sp³-hybridized carbons (Fsp3) is 0.0526. The molecule has 0 fully saturated rings. The van der Waals surface area contributed by atoms with Crippen molar-refractivity contribution in [3.05, 3.63) is 75.4 Å². The maximum absolute atomic E-state index is 13.1. The largest absolute Gasteiger partial charge is 0.507 e. The van der Waals surface area contributed by atoms with Crippen LogP contribution >= 0.6 is 0 Å². The van der Waals surface area contributed by atoms with E-state index in [9.17, 15) is 14.7 Å². The van der Waals surface area contributed by atoms with E-state index in [4.69, 9.17) is 9.15 Å². The van der Waals surface area contributed by atoms with Crippen LogP contribution in [0.15, 0.2) is 68.6 Å². The zero-order chi connectivity index (χ0) is 17.6. The predicted octanol–water partition coefficient (Wildman–Crippen LogP) is 2.81. The van der Waals surface area contributed by atoms with Crippen LogP contribution in [0.4, 0.5) is 0 Å². The number of hydrogen-bond acceptors (Lipinski definition) is 5. The summed E-state index contributed by atoms with van der Waals surface area (Å²) in [5, 5.41) is 10.6. The van der Waals surface area contributed by atoms with E-state index >= 15 is 0 Å². The van der Waals surface area contributed by atoms with Crippen molar-refractivity contribution in [2.75, 3.05) is 7.11 Å². The van der Waals surface area contributed by atoms with Gasteiger partial charge in [-0.1, -0.05) is 18.2 Å². The van der Waals surface area contributed by atoms with Crippen LogP contribution in [0.1, 0.15) is 0 Å². The van der Waals surface area contributed by atoms with Gasteiger partial charge < -0.3 is 14.3 Å². The third-order valence-corrected chi connectivity index (χ3v) is 4.06. The Kier molecular flexibility index (Phi) is 3.32. The number of nitrogens with zero attached hydrogens (tertiary/aromatic N) is 1. The summed E-state index contributed by atoms with van der Waals surface area (Å²) in [5.41, 5.74) is -0.0166. The van der Waals surface area contributed by atoms with Gasteiger partial charge in [0.05, 0.1) is 18.7 Å². The zero-order valence-electron chi connectivity index (χ0n) is 13.2. The van der Waals surface area contributed by atoms with Crippen molar-refractivity contribution < 1.29 is 14.3 Å². The molecule has 1 N–H and O–H groups in total. The molecule has 0 radical (unpaired) electrons. The number of hydrogen-bond donors (Lipinski definition) is 1. The molecule has 0 aliphatic carbocycles. The topological polar surface area (TPSA) is 81.7 Å². The maximum Gasteiger partial charge on any atom is 0.339 e. The normalized spacial score (nSPS) is 11.1. The Hall–Kier alpha value is -3.54. The average Bonchev–Trinajstić information content (AvgIpc) is 2.61. The van der Waals surface area contributed by atoms with Crippen LogP contribution in [0, 0.1) is 0 Å². The van der Waals surface area contributed by atoms with Crippen molar-refractivity contribution in [3.8, 4) is 17.2 Å². The quantitative estimate of drug-likeness (QED) is 0.570. The minimum Gasteiger partial charge on any atom is -0.507 e. The first kappa shape index (κ1) is 15.0. The van der Waals surface area contributed by atoms with Crippen LogP contribution in [-0.4, -0.2) is 16.8 Å². The fourth-order valence-corrected chi connectivity index (χ4v) is 2.95. The molecule has 6 heteroatoms. The standard InChI is InChI=1S/C19H13NO5/c1-24-12-7-8-13-14(9-12)20(11-5-3-2-4-6-11)19(23)17-15(21)10-16(22)25-18(13)17/h2-10,21H,1H3. The second-order valence-corrected chi connectivity index (χ2v) is 5.51. The fourth-order valence-electron chi connectivity index (χ4n) is 2.95. The summed E-state index contributed by atoms with van der Waals surface area (Å²) in [6.07, 6.45) is 0. The highest BCUT2D eigenvalue weighted by Gasteiger charge is 2.18. The molecular weight excluding hydrogens is 322 g/mol. The van der Waals surface area contributed by atoms with E-state index in [1.807, 2.05) is 18.2 Å². The summed E-state index contributed by atoms with van der Waals surface area (Å²) in [6.45, 7) is 0. The molecule has 124 valence electrons. The van der Waals surface area contributed by atoms with E-state index in [1.165, 1.54) is 11.7 Å². The molecular formula is C19H13NO5. The van der Waals surface area contributed by atoms with Gasteiger partial charge in [-0.05, 0) is 24.3 Å². The lowest BCUT2D eigenvalue weighted by atomic mass is 10.1. The Morgan fingerprint density at radius 2 is 1.80 bits per heavy atom. The van der Waals surface area contributed by atoms with Crippen molar-refractivity contribution >= 4 is 21.9 Å². The van der Waals surface area contributed by atoms with E-state index in [0.29, 0.717) is 22.3 Å². The SMILES string of the molecule is COc1ccc2c3oc(=O)cc(O)c3c(=O)n(-c3ccccc3)c2c1. The third-order valence-electron chi connectivity index (χ3n) is 4.06. The van der Waals surface area contributed by atoms with E-state index in [0.717, 1.165) is 6.07 Å². The van der Waals surface area contributed by atoms with Crippen molar-refractivity contribution in [2.45, 2.75) is 0 Å². The highest BCUT2D eigenvalue weighted by Crippen LogP contribution is 2.30. The van der Waals surface area contributed by atoms with Gasteiger partial charge in [0.2, 0.25) is 0 Å². The molecule has 2 aromatic carbocycles. The molecule has 4 rings (SSSR count). The van der Waals surface area contributed by atoms with Crippen LogP contribution < -0.4 is 15.9 Å². The molecule has 2 aromatic heterocycles. The molecule has 0 aliphatic heterocycles. The number of aromatic nitrogens is 1. The Morgan fingerprint density at radius 1 is 1.04 bits per heavy atom. The number of para-hydroxylation sites is 1. The van der Waals surface area contributed by atoms with Gasteiger partial charge in [-0.15, -0.1) is 0 Å². The lowest BCUT2D eigenvalue weighted by Gasteiger charge is -2.13. The third kappa shape index (κ3) is 2.27. The minimum absolute atomic E-state index is 0.0406. The molecule has 0 atom stereocenters. The lowest BCUT2D eigenvalue weighted by molar-refractivity contribution is 0.415. The highest BCUT2D eigenvalue weighted by atomic mass is 16.5. The maximum atomic E-state index is 13.1. The Balaban J connectivity index is 2.31. The van der Waals surface area contributed by atoms with Crippen LogP contribution in [0.25, 0.3) is 27.6 Å². The molecule has 0 bridgehead atoms. The molecule has 0 spiro atoms. The number of pyridine rings is 1. The van der Waals surface area contributed by atoms with Crippen molar-refractivity contribution in [1.29, 1.82) is 0 Å².